The van der Waals surface area contributed by atoms with E-state index in [0.29, 0.717) is 6.04 Å². The van der Waals surface area contributed by atoms with Crippen molar-refractivity contribution < 1.29 is 0 Å². The molecule has 0 aliphatic carbocycles. The van der Waals surface area contributed by atoms with Gasteiger partial charge in [-0.25, -0.2) is 0 Å². The third kappa shape index (κ3) is 3.23. The minimum Gasteiger partial charge on any atom is -0.329 e. The molecule has 1 fully saturated rings. The first-order valence-electron chi connectivity index (χ1n) is 5.79. The summed E-state index contributed by atoms with van der Waals surface area (Å²) in [5, 5.41) is 0. The first-order valence-corrected chi connectivity index (χ1v) is 5.79. The van der Waals surface area contributed by atoms with E-state index in [0.717, 1.165) is 19.1 Å². The quantitative estimate of drug-likeness (QED) is 0.725. The van der Waals surface area contributed by atoms with Crippen LogP contribution < -0.4 is 5.73 Å². The van der Waals surface area contributed by atoms with Crippen LogP contribution in [-0.2, 0) is 0 Å². The molecule has 1 aliphatic rings. The zero-order valence-corrected chi connectivity index (χ0v) is 9.87. The summed E-state index contributed by atoms with van der Waals surface area (Å²) < 4.78 is 0. The van der Waals surface area contributed by atoms with Crippen molar-refractivity contribution in [1.82, 2.24) is 9.80 Å². The van der Waals surface area contributed by atoms with Gasteiger partial charge in [-0.2, -0.15) is 0 Å². The highest BCUT2D eigenvalue weighted by atomic mass is 15.2. The van der Waals surface area contributed by atoms with Crippen LogP contribution in [0.1, 0.15) is 26.7 Å². The smallest absolute Gasteiger partial charge is 0.0223 e. The molecule has 3 nitrogen and oxygen atoms in total. The number of nitrogens with two attached hydrogens (primary N) is 1. The van der Waals surface area contributed by atoms with Gasteiger partial charge in [-0.05, 0) is 40.3 Å². The highest BCUT2D eigenvalue weighted by molar-refractivity contribution is 4.80. The van der Waals surface area contributed by atoms with E-state index in [1.165, 1.54) is 25.9 Å². The molecule has 1 heterocycles. The summed E-state index contributed by atoms with van der Waals surface area (Å²) in [6, 6.07) is 1.38. The van der Waals surface area contributed by atoms with E-state index in [-0.39, 0.29) is 0 Å². The second-order valence-electron chi connectivity index (χ2n) is 4.64. The van der Waals surface area contributed by atoms with Crippen LogP contribution >= 0.6 is 0 Å². The van der Waals surface area contributed by atoms with Gasteiger partial charge in [0, 0.05) is 31.7 Å². The van der Waals surface area contributed by atoms with Crippen molar-refractivity contribution >= 4 is 0 Å². The van der Waals surface area contributed by atoms with Crippen LogP contribution in [0.25, 0.3) is 0 Å². The van der Waals surface area contributed by atoms with Gasteiger partial charge in [-0.1, -0.05) is 0 Å². The minimum atomic E-state index is 0.651. The lowest BCUT2D eigenvalue weighted by Crippen LogP contribution is -2.49. The lowest BCUT2D eigenvalue weighted by atomic mass is 10.0. The monoisotopic (exact) mass is 199 g/mol. The van der Waals surface area contributed by atoms with Crippen molar-refractivity contribution in [2.75, 3.05) is 33.2 Å². The molecule has 2 N–H and O–H groups in total. The predicted octanol–water partition coefficient (Wildman–Crippen LogP) is 0.750. The van der Waals surface area contributed by atoms with Crippen molar-refractivity contribution in [3.63, 3.8) is 0 Å². The standard InChI is InChI=1S/C11H25N3/c1-10(2)13(3)11-5-4-7-14(9-11)8-6-12/h10-11H,4-9,12H2,1-3H3. The highest BCUT2D eigenvalue weighted by Gasteiger charge is 2.23. The summed E-state index contributed by atoms with van der Waals surface area (Å²) in [6.07, 6.45) is 2.66. The van der Waals surface area contributed by atoms with Gasteiger partial charge < -0.3 is 10.6 Å². The molecule has 1 unspecified atom stereocenters. The summed E-state index contributed by atoms with van der Waals surface area (Å²) >= 11 is 0. The normalized spacial score (nSPS) is 24.9. The van der Waals surface area contributed by atoms with E-state index >= 15 is 0 Å². The summed E-state index contributed by atoms with van der Waals surface area (Å²) in [5.74, 6) is 0. The number of nitrogens with zero attached hydrogens (tertiary/aromatic N) is 2. The molecular formula is C11H25N3. The van der Waals surface area contributed by atoms with Crippen LogP contribution in [0.15, 0.2) is 0 Å². The van der Waals surface area contributed by atoms with Crippen molar-refractivity contribution in [2.45, 2.75) is 38.8 Å². The maximum absolute atomic E-state index is 5.59. The fourth-order valence-corrected chi connectivity index (χ4v) is 2.17. The molecule has 1 rings (SSSR count). The molecule has 1 aliphatic heterocycles. The Balaban J connectivity index is 2.39. The van der Waals surface area contributed by atoms with Crippen molar-refractivity contribution in [3.8, 4) is 0 Å². The fraction of sp³-hybridized carbons (Fsp3) is 1.00. The van der Waals surface area contributed by atoms with Gasteiger partial charge in [0.2, 0.25) is 0 Å². The fourth-order valence-electron chi connectivity index (χ4n) is 2.17. The van der Waals surface area contributed by atoms with Gasteiger partial charge in [0.25, 0.3) is 0 Å². The maximum atomic E-state index is 5.59. The lowest BCUT2D eigenvalue weighted by Gasteiger charge is -2.39. The topological polar surface area (TPSA) is 32.5 Å². The van der Waals surface area contributed by atoms with E-state index in [1.54, 1.807) is 0 Å². The van der Waals surface area contributed by atoms with Crippen LogP contribution in [-0.4, -0.2) is 55.1 Å². The van der Waals surface area contributed by atoms with Crippen LogP contribution in [0.2, 0.25) is 0 Å². The van der Waals surface area contributed by atoms with E-state index in [4.69, 9.17) is 5.73 Å². The maximum Gasteiger partial charge on any atom is 0.0223 e. The predicted molar refractivity (Wildman–Crippen MR) is 61.4 cm³/mol. The molecule has 0 bridgehead atoms. The molecule has 0 spiro atoms. The summed E-state index contributed by atoms with van der Waals surface area (Å²) in [5.41, 5.74) is 5.59. The number of likely N-dealkylation sites (tertiary alicyclic amines) is 1. The largest absolute Gasteiger partial charge is 0.329 e. The van der Waals surface area contributed by atoms with Gasteiger partial charge in [-0.3, -0.25) is 4.90 Å². The minimum absolute atomic E-state index is 0.651. The van der Waals surface area contributed by atoms with Crippen molar-refractivity contribution in [2.24, 2.45) is 5.73 Å². The average molecular weight is 199 g/mol. The Morgan fingerprint density at radius 3 is 2.79 bits per heavy atom. The van der Waals surface area contributed by atoms with Gasteiger partial charge in [0.15, 0.2) is 0 Å². The van der Waals surface area contributed by atoms with Gasteiger partial charge in [-0.15, -0.1) is 0 Å². The number of rotatable bonds is 4. The van der Waals surface area contributed by atoms with Crippen LogP contribution in [0.3, 0.4) is 0 Å². The number of hydrogen-bond donors (Lipinski definition) is 1. The molecule has 1 atom stereocenters. The average Bonchev–Trinajstić information content (AvgIpc) is 2.17. The van der Waals surface area contributed by atoms with Gasteiger partial charge in [0.1, 0.15) is 0 Å². The Kier molecular flexibility index (Phi) is 4.85. The van der Waals surface area contributed by atoms with E-state index in [2.05, 4.69) is 30.7 Å². The van der Waals surface area contributed by atoms with Crippen LogP contribution in [0.5, 0.6) is 0 Å². The number of piperidine rings is 1. The van der Waals surface area contributed by atoms with Gasteiger partial charge in [0.05, 0.1) is 0 Å². The Morgan fingerprint density at radius 1 is 1.50 bits per heavy atom. The zero-order valence-electron chi connectivity index (χ0n) is 9.87. The molecule has 0 aromatic rings. The second kappa shape index (κ2) is 5.69. The van der Waals surface area contributed by atoms with Crippen LogP contribution in [0.4, 0.5) is 0 Å². The first-order chi connectivity index (χ1) is 6.65. The molecule has 1 saturated heterocycles. The Hall–Kier alpha value is -0.120. The van der Waals surface area contributed by atoms with Crippen molar-refractivity contribution in [3.05, 3.63) is 0 Å². The Bertz CT molecular complexity index is 157. The summed E-state index contributed by atoms with van der Waals surface area (Å²) in [7, 11) is 2.24. The summed E-state index contributed by atoms with van der Waals surface area (Å²) in [4.78, 5) is 4.98. The molecule has 0 amide bonds. The Morgan fingerprint density at radius 2 is 2.21 bits per heavy atom. The molecular weight excluding hydrogens is 174 g/mol. The molecule has 3 heteroatoms. The van der Waals surface area contributed by atoms with E-state index in [9.17, 15) is 0 Å². The van der Waals surface area contributed by atoms with E-state index < -0.39 is 0 Å². The molecule has 0 aromatic heterocycles. The molecule has 0 aromatic carbocycles. The molecule has 0 saturated carbocycles. The summed E-state index contributed by atoms with van der Waals surface area (Å²) in [6.45, 7) is 8.82. The highest BCUT2D eigenvalue weighted by Crippen LogP contribution is 2.15. The zero-order chi connectivity index (χ0) is 10.6. The first kappa shape index (κ1) is 12.0. The van der Waals surface area contributed by atoms with E-state index in [1.807, 2.05) is 0 Å². The lowest BCUT2D eigenvalue weighted by molar-refractivity contribution is 0.0982. The SMILES string of the molecule is CC(C)N(C)C1CCCN(CCN)C1. The number of hydrogen-bond acceptors (Lipinski definition) is 3. The molecule has 14 heavy (non-hydrogen) atoms. The second-order valence-corrected chi connectivity index (χ2v) is 4.64. The van der Waals surface area contributed by atoms with Crippen LogP contribution in [0, 0.1) is 0 Å². The third-order valence-corrected chi connectivity index (χ3v) is 3.32. The third-order valence-electron chi connectivity index (χ3n) is 3.32. The Labute approximate surface area is 88.2 Å². The molecule has 0 radical (unpaired) electrons. The van der Waals surface area contributed by atoms with Crippen molar-refractivity contribution in [1.29, 1.82) is 0 Å². The molecule has 84 valence electrons. The number of likely N-dealkylation sites (N-methyl/N-ethyl adjacent to an activating group) is 1. The van der Waals surface area contributed by atoms with Gasteiger partial charge >= 0.3 is 0 Å².